The highest BCUT2D eigenvalue weighted by Gasteiger charge is 2.28. The lowest BCUT2D eigenvalue weighted by atomic mass is 10.0. The largest absolute Gasteiger partial charge is 0.497 e. The summed E-state index contributed by atoms with van der Waals surface area (Å²) in [6.07, 6.45) is 8.94. The molecule has 2 aromatic carbocycles. The number of methoxy groups -OCH3 is 1. The highest BCUT2D eigenvalue weighted by atomic mass is 32.2. The maximum absolute atomic E-state index is 6.55. The van der Waals surface area contributed by atoms with Crippen LogP contribution in [-0.2, 0) is 0 Å². The van der Waals surface area contributed by atoms with Gasteiger partial charge in [0, 0.05) is 36.1 Å². The second kappa shape index (κ2) is 8.25. The van der Waals surface area contributed by atoms with Gasteiger partial charge in [-0.3, -0.25) is 9.29 Å². The van der Waals surface area contributed by atoms with Crippen molar-refractivity contribution in [1.82, 2.24) is 9.29 Å². The first kappa shape index (κ1) is 18.8. The molecule has 1 aliphatic carbocycles. The molecule has 1 saturated heterocycles. The molecular formula is C24H26N2O2S. The van der Waals surface area contributed by atoms with Crippen LogP contribution in [0.4, 0.5) is 0 Å². The summed E-state index contributed by atoms with van der Waals surface area (Å²) in [7, 11) is 1.70. The Morgan fingerprint density at radius 3 is 2.66 bits per heavy atom. The lowest BCUT2D eigenvalue weighted by Gasteiger charge is -2.31. The molecule has 3 aromatic rings. The molecule has 0 bridgehead atoms. The first-order valence-electron chi connectivity index (χ1n) is 10.4. The molecule has 0 spiro atoms. The van der Waals surface area contributed by atoms with Crippen molar-refractivity contribution in [3.05, 3.63) is 54.9 Å². The van der Waals surface area contributed by atoms with Crippen molar-refractivity contribution in [2.75, 3.05) is 20.2 Å². The van der Waals surface area contributed by atoms with Gasteiger partial charge >= 0.3 is 0 Å². The second-order valence-electron chi connectivity index (χ2n) is 7.85. The van der Waals surface area contributed by atoms with Crippen LogP contribution in [0.1, 0.15) is 25.7 Å². The van der Waals surface area contributed by atoms with E-state index < -0.39 is 0 Å². The summed E-state index contributed by atoms with van der Waals surface area (Å²) in [5.74, 6) is 1.79. The van der Waals surface area contributed by atoms with Gasteiger partial charge in [-0.1, -0.05) is 24.1 Å². The fourth-order valence-corrected chi connectivity index (χ4v) is 5.04. The molecule has 1 aromatic heterocycles. The lowest BCUT2D eigenvalue weighted by molar-refractivity contribution is 0.141. The Morgan fingerprint density at radius 1 is 1.00 bits per heavy atom. The van der Waals surface area contributed by atoms with Crippen LogP contribution >= 0.6 is 11.9 Å². The predicted octanol–water partition coefficient (Wildman–Crippen LogP) is 5.56. The molecule has 2 heterocycles. The zero-order valence-electron chi connectivity index (χ0n) is 16.7. The van der Waals surface area contributed by atoms with Gasteiger partial charge in [0.15, 0.2) is 0 Å². The van der Waals surface area contributed by atoms with Crippen LogP contribution in [0.5, 0.6) is 11.5 Å². The van der Waals surface area contributed by atoms with E-state index in [1.54, 1.807) is 7.11 Å². The molecule has 0 N–H and O–H groups in total. The van der Waals surface area contributed by atoms with Crippen LogP contribution < -0.4 is 9.47 Å². The van der Waals surface area contributed by atoms with Gasteiger partial charge in [0.2, 0.25) is 0 Å². The van der Waals surface area contributed by atoms with Crippen LogP contribution in [0, 0.1) is 0 Å². The molecule has 5 rings (SSSR count). The average Bonchev–Trinajstić information content (AvgIpc) is 3.59. The Balaban J connectivity index is 1.40. The third-order valence-electron chi connectivity index (χ3n) is 5.64. The second-order valence-corrected chi connectivity index (χ2v) is 9.25. The van der Waals surface area contributed by atoms with Gasteiger partial charge in [0.05, 0.1) is 7.11 Å². The molecule has 1 saturated carbocycles. The van der Waals surface area contributed by atoms with Crippen molar-refractivity contribution < 1.29 is 9.47 Å². The van der Waals surface area contributed by atoms with Gasteiger partial charge in [-0.2, -0.15) is 0 Å². The quantitative estimate of drug-likeness (QED) is 0.501. The van der Waals surface area contributed by atoms with Crippen LogP contribution in [0.2, 0.25) is 0 Å². The number of hydrogen-bond donors (Lipinski definition) is 0. The van der Waals surface area contributed by atoms with Crippen molar-refractivity contribution in [2.45, 2.75) is 37.0 Å². The van der Waals surface area contributed by atoms with Gasteiger partial charge in [0.1, 0.15) is 17.6 Å². The van der Waals surface area contributed by atoms with E-state index in [9.17, 15) is 0 Å². The van der Waals surface area contributed by atoms with E-state index in [0.29, 0.717) is 0 Å². The van der Waals surface area contributed by atoms with Gasteiger partial charge in [0.25, 0.3) is 0 Å². The van der Waals surface area contributed by atoms with Crippen LogP contribution in [0.15, 0.2) is 54.9 Å². The lowest BCUT2D eigenvalue weighted by Crippen LogP contribution is -2.34. The molecule has 4 nitrogen and oxygen atoms in total. The highest BCUT2D eigenvalue weighted by Crippen LogP contribution is 2.38. The standard InChI is InChI=1S/C24H26N2O2S/c1-27-21-4-2-3-17(14-21)19-13-18-7-10-25-16-23(18)24(15-19)28-20-8-11-26(12-9-20)29-22-5-6-22/h2-4,7,10,13-16,20,22H,5-6,8-9,11-12H2,1H3. The first-order chi connectivity index (χ1) is 14.3. The zero-order chi connectivity index (χ0) is 19.6. The normalized spacial score (nSPS) is 18.1. The van der Waals surface area contributed by atoms with E-state index in [-0.39, 0.29) is 6.10 Å². The smallest absolute Gasteiger partial charge is 0.129 e. The molecule has 150 valence electrons. The Labute approximate surface area is 176 Å². The molecule has 29 heavy (non-hydrogen) atoms. The summed E-state index contributed by atoms with van der Waals surface area (Å²) in [5, 5.41) is 3.10. The van der Waals surface area contributed by atoms with Crippen LogP contribution in [-0.4, -0.2) is 40.8 Å². The van der Waals surface area contributed by atoms with Crippen LogP contribution in [0.3, 0.4) is 0 Å². The molecule has 2 aliphatic rings. The average molecular weight is 407 g/mol. The van der Waals surface area contributed by atoms with E-state index in [1.165, 1.54) is 12.8 Å². The van der Waals surface area contributed by atoms with Crippen molar-refractivity contribution in [3.8, 4) is 22.6 Å². The third kappa shape index (κ3) is 4.36. The van der Waals surface area contributed by atoms with Crippen LogP contribution in [0.25, 0.3) is 21.9 Å². The Kier molecular flexibility index (Phi) is 5.34. The Morgan fingerprint density at radius 2 is 1.86 bits per heavy atom. The number of nitrogens with zero attached hydrogens (tertiary/aromatic N) is 2. The van der Waals surface area contributed by atoms with Gasteiger partial charge in [-0.25, -0.2) is 0 Å². The fraction of sp³-hybridized carbons (Fsp3) is 0.375. The molecule has 0 amide bonds. The number of aromatic nitrogens is 1. The van der Waals surface area contributed by atoms with Crippen molar-refractivity contribution in [2.24, 2.45) is 0 Å². The Hall–Kier alpha value is -2.24. The molecule has 0 atom stereocenters. The van der Waals surface area contributed by atoms with E-state index in [0.717, 1.165) is 64.6 Å². The van der Waals surface area contributed by atoms with Crippen molar-refractivity contribution >= 4 is 22.7 Å². The molecule has 5 heteroatoms. The van der Waals surface area contributed by atoms with Gasteiger partial charge < -0.3 is 9.47 Å². The minimum atomic E-state index is 0.259. The minimum absolute atomic E-state index is 0.259. The number of fused-ring (bicyclic) bond motifs is 1. The third-order valence-corrected chi connectivity index (χ3v) is 7.07. The Bertz CT molecular complexity index is 997. The maximum atomic E-state index is 6.55. The maximum Gasteiger partial charge on any atom is 0.129 e. The van der Waals surface area contributed by atoms with Gasteiger partial charge in [-0.15, -0.1) is 0 Å². The summed E-state index contributed by atoms with van der Waals surface area (Å²) in [6.45, 7) is 2.22. The fourth-order valence-electron chi connectivity index (χ4n) is 3.85. The van der Waals surface area contributed by atoms with Gasteiger partial charge in [-0.05, 0) is 72.5 Å². The van der Waals surface area contributed by atoms with E-state index >= 15 is 0 Å². The van der Waals surface area contributed by atoms with E-state index in [4.69, 9.17) is 9.47 Å². The number of ether oxygens (including phenoxy) is 2. The molecule has 1 aliphatic heterocycles. The van der Waals surface area contributed by atoms with E-state index in [2.05, 4.69) is 51.6 Å². The zero-order valence-corrected chi connectivity index (χ0v) is 17.5. The van der Waals surface area contributed by atoms with Crippen molar-refractivity contribution in [3.63, 3.8) is 0 Å². The van der Waals surface area contributed by atoms with E-state index in [1.807, 2.05) is 24.5 Å². The number of hydrogen-bond acceptors (Lipinski definition) is 5. The summed E-state index contributed by atoms with van der Waals surface area (Å²) < 4.78 is 14.5. The SMILES string of the molecule is COc1cccc(-c2cc(OC3CCN(SC4CC4)CC3)c3cnccc3c2)c1. The summed E-state index contributed by atoms with van der Waals surface area (Å²) >= 11 is 2.06. The summed E-state index contributed by atoms with van der Waals surface area (Å²) in [4.78, 5) is 4.34. The molecular weight excluding hydrogens is 380 g/mol. The first-order valence-corrected chi connectivity index (χ1v) is 11.2. The minimum Gasteiger partial charge on any atom is -0.497 e. The number of rotatable bonds is 6. The van der Waals surface area contributed by atoms with Crippen molar-refractivity contribution in [1.29, 1.82) is 0 Å². The molecule has 0 radical (unpaired) electrons. The summed E-state index contributed by atoms with van der Waals surface area (Å²) in [5.41, 5.74) is 2.27. The molecule has 0 unspecified atom stereocenters. The predicted molar refractivity (Wildman–Crippen MR) is 120 cm³/mol. The number of benzene rings is 2. The monoisotopic (exact) mass is 406 g/mol. The molecule has 2 fully saturated rings. The highest BCUT2D eigenvalue weighted by molar-refractivity contribution is 7.97. The summed E-state index contributed by atoms with van der Waals surface area (Å²) in [6, 6.07) is 14.6. The number of pyridine rings is 1. The number of piperidine rings is 1. The topological polar surface area (TPSA) is 34.6 Å².